The Morgan fingerprint density at radius 1 is 0.947 bits per heavy atom. The highest BCUT2D eigenvalue weighted by molar-refractivity contribution is 6.23. The lowest BCUT2D eigenvalue weighted by Gasteiger charge is -2.14. The van der Waals surface area contributed by atoms with Crippen molar-refractivity contribution in [1.82, 2.24) is 0 Å². The van der Waals surface area contributed by atoms with Crippen LogP contribution in [0.5, 0.6) is 0 Å². The van der Waals surface area contributed by atoms with E-state index in [0.717, 1.165) is 21.7 Å². The van der Waals surface area contributed by atoms with Gasteiger partial charge < -0.3 is 11.5 Å². The summed E-state index contributed by atoms with van der Waals surface area (Å²) in [6.45, 7) is 1.97. The summed E-state index contributed by atoms with van der Waals surface area (Å²) in [5.74, 6) is -1.10. The van der Waals surface area contributed by atoms with Gasteiger partial charge in [0.25, 0.3) is 0 Å². The number of primary amides is 2. The molecule has 19 heavy (non-hydrogen) atoms. The predicted octanol–water partition coefficient (Wildman–Crippen LogP) is 1.94. The van der Waals surface area contributed by atoms with Gasteiger partial charge in [-0.05, 0) is 40.8 Å². The molecule has 0 fully saturated rings. The van der Waals surface area contributed by atoms with E-state index in [0.29, 0.717) is 16.5 Å². The SMILES string of the molecule is Cc1ccc2cc1c1ccc(C(N)=O)c2c1C(N)=O. The molecule has 0 radical (unpaired) electrons. The molecule has 0 saturated carbocycles. The number of carbonyl (C=O) groups is 2. The maximum Gasteiger partial charge on any atom is 0.249 e. The molecule has 4 nitrogen and oxygen atoms in total. The third-order valence-electron chi connectivity index (χ3n) is 3.53. The molecule has 94 valence electrons. The maximum absolute atomic E-state index is 11.7. The van der Waals surface area contributed by atoms with Crippen molar-refractivity contribution < 1.29 is 9.59 Å². The summed E-state index contributed by atoms with van der Waals surface area (Å²) >= 11 is 0. The Balaban J connectivity index is 2.65. The van der Waals surface area contributed by atoms with Crippen molar-refractivity contribution in [2.75, 3.05) is 0 Å². The Bertz CT molecular complexity index is 837. The van der Waals surface area contributed by atoms with Gasteiger partial charge in [-0.25, -0.2) is 0 Å². The second-order valence-electron chi connectivity index (χ2n) is 4.67. The Morgan fingerprint density at radius 3 is 2.32 bits per heavy atom. The lowest BCUT2D eigenvalue weighted by Crippen LogP contribution is -2.17. The summed E-state index contributed by atoms with van der Waals surface area (Å²) in [6, 6.07) is 9.17. The highest BCUT2D eigenvalue weighted by atomic mass is 16.1. The van der Waals surface area contributed by atoms with Crippen LogP contribution >= 0.6 is 0 Å². The van der Waals surface area contributed by atoms with Crippen molar-refractivity contribution in [3.8, 4) is 0 Å². The van der Waals surface area contributed by atoms with Gasteiger partial charge in [0.05, 0.1) is 5.56 Å². The van der Waals surface area contributed by atoms with Gasteiger partial charge in [0, 0.05) is 10.9 Å². The van der Waals surface area contributed by atoms with Gasteiger partial charge >= 0.3 is 0 Å². The van der Waals surface area contributed by atoms with Gasteiger partial charge in [-0.3, -0.25) is 9.59 Å². The molecule has 2 amide bonds. The summed E-state index contributed by atoms with van der Waals surface area (Å²) in [5.41, 5.74) is 12.6. The minimum absolute atomic E-state index is 0.326. The molecule has 0 aromatic heterocycles. The molecule has 0 aliphatic rings. The first-order chi connectivity index (χ1) is 9.00. The van der Waals surface area contributed by atoms with Gasteiger partial charge in [0.2, 0.25) is 11.8 Å². The summed E-state index contributed by atoms with van der Waals surface area (Å²) in [7, 11) is 0. The van der Waals surface area contributed by atoms with Crippen LogP contribution in [0.1, 0.15) is 26.3 Å². The van der Waals surface area contributed by atoms with Gasteiger partial charge in [-0.2, -0.15) is 0 Å². The molecule has 0 unspecified atom stereocenters. The molecule has 0 heterocycles. The highest BCUT2D eigenvalue weighted by Gasteiger charge is 2.19. The normalized spacial score (nSPS) is 11.2. The Hall–Kier alpha value is -2.62. The molecule has 0 aliphatic heterocycles. The van der Waals surface area contributed by atoms with Crippen molar-refractivity contribution in [3.05, 3.63) is 47.0 Å². The number of aryl methyl sites for hydroxylation is 1. The first-order valence-electron chi connectivity index (χ1n) is 5.88. The first kappa shape index (κ1) is 11.5. The van der Waals surface area contributed by atoms with Gasteiger partial charge in [0.1, 0.15) is 0 Å². The van der Waals surface area contributed by atoms with E-state index in [-0.39, 0.29) is 0 Å². The van der Waals surface area contributed by atoms with Crippen LogP contribution in [0.3, 0.4) is 0 Å². The number of fused-ring (bicyclic) bond motifs is 6. The van der Waals surface area contributed by atoms with E-state index in [2.05, 4.69) is 0 Å². The number of carbonyl (C=O) groups excluding carboxylic acids is 2. The summed E-state index contributed by atoms with van der Waals surface area (Å²) in [4.78, 5) is 23.3. The molecule has 0 aliphatic carbocycles. The van der Waals surface area contributed by atoms with Crippen molar-refractivity contribution >= 4 is 33.4 Å². The molecule has 0 atom stereocenters. The molecular weight excluding hydrogens is 240 g/mol. The minimum Gasteiger partial charge on any atom is -0.366 e. The van der Waals surface area contributed by atoms with Crippen LogP contribution in [0.15, 0.2) is 30.3 Å². The number of hydrogen-bond acceptors (Lipinski definition) is 2. The van der Waals surface area contributed by atoms with Crippen molar-refractivity contribution in [2.45, 2.75) is 6.92 Å². The molecule has 4 heteroatoms. The van der Waals surface area contributed by atoms with Crippen LogP contribution in [0.2, 0.25) is 0 Å². The lowest BCUT2D eigenvalue weighted by atomic mass is 9.89. The van der Waals surface area contributed by atoms with Crippen LogP contribution in [-0.4, -0.2) is 11.8 Å². The number of amides is 2. The van der Waals surface area contributed by atoms with Gasteiger partial charge in [-0.15, -0.1) is 0 Å². The number of rotatable bonds is 2. The van der Waals surface area contributed by atoms with E-state index < -0.39 is 11.8 Å². The molecule has 4 bridgehead atoms. The number of nitrogens with two attached hydrogens (primary N) is 2. The van der Waals surface area contributed by atoms with E-state index in [4.69, 9.17) is 11.5 Å². The second-order valence-corrected chi connectivity index (χ2v) is 4.67. The van der Waals surface area contributed by atoms with E-state index in [1.165, 1.54) is 0 Å². The molecule has 3 aromatic carbocycles. The number of hydrogen-bond donors (Lipinski definition) is 2. The topological polar surface area (TPSA) is 86.2 Å². The van der Waals surface area contributed by atoms with Crippen LogP contribution < -0.4 is 11.5 Å². The summed E-state index contributed by atoms with van der Waals surface area (Å²) in [6.07, 6.45) is 0. The van der Waals surface area contributed by atoms with E-state index >= 15 is 0 Å². The molecule has 3 aromatic rings. The Kier molecular flexibility index (Phi) is 2.22. The van der Waals surface area contributed by atoms with Gasteiger partial charge in [0.15, 0.2) is 0 Å². The Morgan fingerprint density at radius 2 is 1.68 bits per heavy atom. The Labute approximate surface area is 109 Å². The minimum atomic E-state index is -0.562. The van der Waals surface area contributed by atoms with Crippen LogP contribution in [0.25, 0.3) is 21.5 Å². The zero-order valence-electron chi connectivity index (χ0n) is 10.4. The fourth-order valence-electron chi connectivity index (χ4n) is 2.66. The third-order valence-corrected chi connectivity index (χ3v) is 3.53. The molecule has 4 N–H and O–H groups in total. The summed E-state index contributed by atoms with van der Waals surface area (Å²) in [5, 5.41) is 3.08. The molecule has 0 spiro atoms. The van der Waals surface area contributed by atoms with E-state index in [1.54, 1.807) is 12.1 Å². The first-order valence-corrected chi connectivity index (χ1v) is 5.88. The monoisotopic (exact) mass is 252 g/mol. The van der Waals surface area contributed by atoms with Crippen LogP contribution in [0.4, 0.5) is 0 Å². The maximum atomic E-state index is 11.7. The molecule has 0 saturated heterocycles. The highest BCUT2D eigenvalue weighted by Crippen LogP contribution is 2.34. The second kappa shape index (κ2) is 3.68. The third kappa shape index (κ3) is 1.46. The van der Waals surface area contributed by atoms with Crippen LogP contribution in [-0.2, 0) is 0 Å². The van der Waals surface area contributed by atoms with Gasteiger partial charge in [-0.1, -0.05) is 18.2 Å². The standard InChI is InChI=1S/C15H12N2O2/c1-7-2-3-8-6-11(7)9-4-5-10(14(16)18)12(8)13(9)15(17)19/h2-6H,1H3,(H2,16,18)(H2,17,19). The smallest absolute Gasteiger partial charge is 0.249 e. The predicted molar refractivity (Wildman–Crippen MR) is 74.4 cm³/mol. The van der Waals surface area contributed by atoms with Crippen LogP contribution in [0, 0.1) is 6.92 Å². The quantitative estimate of drug-likeness (QED) is 0.730. The zero-order chi connectivity index (χ0) is 13.7. The average molecular weight is 252 g/mol. The lowest BCUT2D eigenvalue weighted by molar-refractivity contribution is 0.0999. The number of benzene rings is 3. The fourth-order valence-corrected chi connectivity index (χ4v) is 2.66. The average Bonchev–Trinajstić information content (AvgIpc) is 2.36. The van der Waals surface area contributed by atoms with E-state index in [9.17, 15) is 9.59 Å². The largest absolute Gasteiger partial charge is 0.366 e. The molecular formula is C15H12N2O2. The van der Waals surface area contributed by atoms with Crippen molar-refractivity contribution in [2.24, 2.45) is 11.5 Å². The van der Waals surface area contributed by atoms with Crippen molar-refractivity contribution in [3.63, 3.8) is 0 Å². The fraction of sp³-hybridized carbons (Fsp3) is 0.0667. The zero-order valence-corrected chi connectivity index (χ0v) is 10.4. The van der Waals surface area contributed by atoms with Crippen molar-refractivity contribution in [1.29, 1.82) is 0 Å². The summed E-state index contributed by atoms with van der Waals surface area (Å²) < 4.78 is 0. The van der Waals surface area contributed by atoms with E-state index in [1.807, 2.05) is 25.1 Å². The molecule has 3 rings (SSSR count).